The highest BCUT2D eigenvalue weighted by molar-refractivity contribution is 6.30. The van der Waals surface area contributed by atoms with Crippen molar-refractivity contribution in [3.8, 4) is 0 Å². The van der Waals surface area contributed by atoms with E-state index in [9.17, 15) is 4.79 Å². The van der Waals surface area contributed by atoms with E-state index >= 15 is 0 Å². The number of nitrogens with zero attached hydrogens (tertiary/aromatic N) is 2. The molecule has 1 N–H and O–H groups in total. The molecule has 0 aliphatic heterocycles. The molecule has 2 rings (SSSR count). The average Bonchev–Trinajstić information content (AvgIpc) is 2.48. The topological polar surface area (TPSA) is 45.2 Å². The van der Waals surface area contributed by atoms with Crippen LogP contribution in [0.4, 0.5) is 0 Å². The number of aromatic nitrogens is 1. The predicted molar refractivity (Wildman–Crippen MR) is 84.5 cm³/mol. The summed E-state index contributed by atoms with van der Waals surface area (Å²) in [7, 11) is 3.94. The SMILES string of the molecule is CN(C)C[C@@H](NC(=O)c1cccnc1)c1ccc(Cl)cc1. The molecule has 4 nitrogen and oxygen atoms in total. The van der Waals surface area contributed by atoms with Gasteiger partial charge in [-0.2, -0.15) is 0 Å². The zero-order valence-electron chi connectivity index (χ0n) is 12.1. The molecule has 1 heterocycles. The number of carbonyl (C=O) groups excluding carboxylic acids is 1. The van der Waals surface area contributed by atoms with Crippen molar-refractivity contribution in [2.75, 3.05) is 20.6 Å². The molecule has 1 amide bonds. The van der Waals surface area contributed by atoms with Gasteiger partial charge in [-0.25, -0.2) is 0 Å². The normalized spacial score (nSPS) is 12.2. The van der Waals surface area contributed by atoms with Gasteiger partial charge in [-0.3, -0.25) is 9.78 Å². The summed E-state index contributed by atoms with van der Waals surface area (Å²) in [6.45, 7) is 0.702. The summed E-state index contributed by atoms with van der Waals surface area (Å²) in [5, 5.41) is 3.72. The monoisotopic (exact) mass is 303 g/mol. The highest BCUT2D eigenvalue weighted by Crippen LogP contribution is 2.17. The highest BCUT2D eigenvalue weighted by Gasteiger charge is 2.16. The second-order valence-electron chi connectivity index (χ2n) is 5.08. The second kappa shape index (κ2) is 7.20. The van der Waals surface area contributed by atoms with Gasteiger partial charge in [-0.1, -0.05) is 23.7 Å². The Hall–Kier alpha value is -1.91. The Balaban J connectivity index is 2.17. The Morgan fingerprint density at radius 1 is 1.29 bits per heavy atom. The Morgan fingerprint density at radius 3 is 2.57 bits per heavy atom. The number of hydrogen-bond acceptors (Lipinski definition) is 3. The van der Waals surface area contributed by atoms with Crippen molar-refractivity contribution in [2.24, 2.45) is 0 Å². The molecule has 1 aromatic carbocycles. The number of halogens is 1. The third kappa shape index (κ3) is 4.55. The van der Waals surface area contributed by atoms with Crippen molar-refractivity contribution < 1.29 is 4.79 Å². The first-order valence-corrected chi connectivity index (χ1v) is 7.05. The third-order valence-electron chi connectivity index (χ3n) is 3.05. The fourth-order valence-electron chi connectivity index (χ4n) is 2.03. The quantitative estimate of drug-likeness (QED) is 0.924. The molecular formula is C16H18ClN3O. The molecule has 0 spiro atoms. The van der Waals surface area contributed by atoms with Crippen molar-refractivity contribution in [3.63, 3.8) is 0 Å². The van der Waals surface area contributed by atoms with Crippen molar-refractivity contribution in [3.05, 3.63) is 64.9 Å². The van der Waals surface area contributed by atoms with Gasteiger partial charge in [-0.15, -0.1) is 0 Å². The van der Waals surface area contributed by atoms with Gasteiger partial charge in [-0.05, 0) is 43.9 Å². The standard InChI is InChI=1S/C16H18ClN3O/c1-20(2)11-15(12-5-7-14(17)8-6-12)19-16(21)13-4-3-9-18-10-13/h3-10,15H,11H2,1-2H3,(H,19,21)/t15-/m1/s1. The van der Waals surface area contributed by atoms with Crippen LogP contribution in [0.2, 0.25) is 5.02 Å². The van der Waals surface area contributed by atoms with Gasteiger partial charge in [0.25, 0.3) is 5.91 Å². The molecule has 1 atom stereocenters. The molecule has 0 saturated carbocycles. The first kappa shape index (κ1) is 15.5. The van der Waals surface area contributed by atoms with Crippen LogP contribution >= 0.6 is 11.6 Å². The summed E-state index contributed by atoms with van der Waals surface area (Å²) < 4.78 is 0. The van der Waals surface area contributed by atoms with E-state index in [1.807, 2.05) is 43.3 Å². The number of amides is 1. The van der Waals surface area contributed by atoms with Gasteiger partial charge in [0, 0.05) is 24.0 Å². The number of benzene rings is 1. The van der Waals surface area contributed by atoms with Gasteiger partial charge < -0.3 is 10.2 Å². The minimum Gasteiger partial charge on any atom is -0.344 e. The van der Waals surface area contributed by atoms with Gasteiger partial charge in [0.1, 0.15) is 0 Å². The maximum atomic E-state index is 12.3. The van der Waals surface area contributed by atoms with E-state index in [1.54, 1.807) is 24.5 Å². The van der Waals surface area contributed by atoms with Crippen LogP contribution in [0.25, 0.3) is 0 Å². The fraction of sp³-hybridized carbons (Fsp3) is 0.250. The first-order valence-electron chi connectivity index (χ1n) is 6.67. The van der Waals surface area contributed by atoms with Crippen LogP contribution in [0.15, 0.2) is 48.8 Å². The van der Waals surface area contributed by atoms with Crippen LogP contribution in [0.1, 0.15) is 22.0 Å². The summed E-state index contributed by atoms with van der Waals surface area (Å²) in [5.41, 5.74) is 1.57. The molecule has 0 radical (unpaired) electrons. The molecule has 0 aliphatic carbocycles. The lowest BCUT2D eigenvalue weighted by Crippen LogP contribution is -2.35. The number of likely N-dealkylation sites (N-methyl/N-ethyl adjacent to an activating group) is 1. The molecule has 5 heteroatoms. The van der Waals surface area contributed by atoms with E-state index in [-0.39, 0.29) is 11.9 Å². The minimum absolute atomic E-state index is 0.107. The van der Waals surface area contributed by atoms with Crippen molar-refractivity contribution in [2.45, 2.75) is 6.04 Å². The lowest BCUT2D eigenvalue weighted by atomic mass is 10.1. The fourth-order valence-corrected chi connectivity index (χ4v) is 2.16. The smallest absolute Gasteiger partial charge is 0.253 e. The van der Waals surface area contributed by atoms with Crippen molar-refractivity contribution in [1.82, 2.24) is 15.2 Å². The second-order valence-corrected chi connectivity index (χ2v) is 5.52. The maximum Gasteiger partial charge on any atom is 0.253 e. The predicted octanol–water partition coefficient (Wildman–Crippen LogP) is 2.77. The highest BCUT2D eigenvalue weighted by atomic mass is 35.5. The zero-order chi connectivity index (χ0) is 15.2. The molecule has 110 valence electrons. The zero-order valence-corrected chi connectivity index (χ0v) is 12.8. The lowest BCUT2D eigenvalue weighted by Gasteiger charge is -2.23. The third-order valence-corrected chi connectivity index (χ3v) is 3.30. The molecule has 0 fully saturated rings. The molecule has 0 aliphatic rings. The van der Waals surface area contributed by atoms with Gasteiger partial charge in [0.2, 0.25) is 0 Å². The molecular weight excluding hydrogens is 286 g/mol. The summed E-state index contributed by atoms with van der Waals surface area (Å²) in [5.74, 6) is -0.134. The van der Waals surface area contributed by atoms with Crippen LogP contribution in [0, 0.1) is 0 Å². The number of hydrogen-bond donors (Lipinski definition) is 1. The van der Waals surface area contributed by atoms with Crippen LogP contribution in [-0.2, 0) is 0 Å². The van der Waals surface area contributed by atoms with Gasteiger partial charge in [0.15, 0.2) is 0 Å². The molecule has 0 bridgehead atoms. The summed E-state index contributed by atoms with van der Waals surface area (Å²) in [4.78, 5) is 18.3. The maximum absolute atomic E-state index is 12.3. The van der Waals surface area contributed by atoms with Gasteiger partial charge >= 0.3 is 0 Å². The van der Waals surface area contributed by atoms with E-state index in [2.05, 4.69) is 10.3 Å². The van der Waals surface area contributed by atoms with E-state index in [0.29, 0.717) is 17.1 Å². The van der Waals surface area contributed by atoms with Gasteiger partial charge in [0.05, 0.1) is 11.6 Å². The Labute approximate surface area is 129 Å². The molecule has 1 aromatic heterocycles. The van der Waals surface area contributed by atoms with E-state index in [4.69, 9.17) is 11.6 Å². The number of carbonyl (C=O) groups is 1. The minimum atomic E-state index is -0.134. The summed E-state index contributed by atoms with van der Waals surface area (Å²) >= 11 is 5.92. The molecule has 0 unspecified atom stereocenters. The van der Waals surface area contributed by atoms with Crippen LogP contribution in [0.3, 0.4) is 0 Å². The average molecular weight is 304 g/mol. The number of rotatable bonds is 5. The van der Waals surface area contributed by atoms with Crippen molar-refractivity contribution >= 4 is 17.5 Å². The Kier molecular flexibility index (Phi) is 5.31. The molecule has 2 aromatic rings. The van der Waals surface area contributed by atoms with Crippen LogP contribution in [-0.4, -0.2) is 36.4 Å². The van der Waals surface area contributed by atoms with Crippen LogP contribution in [0.5, 0.6) is 0 Å². The molecule has 0 saturated heterocycles. The lowest BCUT2D eigenvalue weighted by molar-refractivity contribution is 0.0929. The van der Waals surface area contributed by atoms with E-state index in [0.717, 1.165) is 5.56 Å². The Bertz CT molecular complexity index is 584. The summed E-state index contributed by atoms with van der Waals surface area (Å²) in [6.07, 6.45) is 3.21. The van der Waals surface area contributed by atoms with Crippen LogP contribution < -0.4 is 5.32 Å². The number of pyridine rings is 1. The van der Waals surface area contributed by atoms with E-state index < -0.39 is 0 Å². The largest absolute Gasteiger partial charge is 0.344 e. The Morgan fingerprint density at radius 2 is 2.00 bits per heavy atom. The van der Waals surface area contributed by atoms with Crippen molar-refractivity contribution in [1.29, 1.82) is 0 Å². The molecule has 21 heavy (non-hydrogen) atoms. The first-order chi connectivity index (χ1) is 10.1. The van der Waals surface area contributed by atoms with E-state index in [1.165, 1.54) is 0 Å². The summed E-state index contributed by atoms with van der Waals surface area (Å²) in [6, 6.07) is 10.9. The number of nitrogens with one attached hydrogen (secondary N) is 1.